The van der Waals surface area contributed by atoms with Crippen molar-refractivity contribution in [3.05, 3.63) is 17.7 Å². The predicted molar refractivity (Wildman–Crippen MR) is 120 cm³/mol. The van der Waals surface area contributed by atoms with E-state index in [4.69, 9.17) is 18.9 Å². The lowest BCUT2D eigenvalue weighted by atomic mass is 10.1. The van der Waals surface area contributed by atoms with E-state index in [1.165, 1.54) is 0 Å². The van der Waals surface area contributed by atoms with E-state index in [0.717, 1.165) is 57.1 Å². The summed E-state index contributed by atoms with van der Waals surface area (Å²) in [5.41, 5.74) is 1.05. The summed E-state index contributed by atoms with van der Waals surface area (Å²) in [6.07, 6.45) is 2.86. The van der Waals surface area contributed by atoms with Crippen LogP contribution in [0.1, 0.15) is 25.3 Å². The van der Waals surface area contributed by atoms with Gasteiger partial charge in [-0.15, -0.1) is 24.0 Å². The Hall–Kier alpha value is -1.42. The first kappa shape index (κ1) is 25.6. The topological polar surface area (TPSA) is 73.3 Å². The molecule has 0 aliphatic rings. The van der Waals surface area contributed by atoms with Gasteiger partial charge in [0.1, 0.15) is 0 Å². The maximum atomic E-state index is 5.51. The molecule has 27 heavy (non-hydrogen) atoms. The zero-order valence-corrected chi connectivity index (χ0v) is 19.4. The third kappa shape index (κ3) is 8.87. The summed E-state index contributed by atoms with van der Waals surface area (Å²) < 4.78 is 21.6. The summed E-state index contributed by atoms with van der Waals surface area (Å²) >= 11 is 0. The number of nitrogens with zero attached hydrogens (tertiary/aromatic N) is 1. The molecule has 0 radical (unpaired) electrons. The number of guanidine groups is 1. The normalized spacial score (nSPS) is 10.8. The van der Waals surface area contributed by atoms with E-state index < -0.39 is 0 Å². The number of hydrogen-bond donors (Lipinski definition) is 2. The lowest BCUT2D eigenvalue weighted by Crippen LogP contribution is -2.38. The first-order valence-electron chi connectivity index (χ1n) is 9.01. The van der Waals surface area contributed by atoms with E-state index in [1.807, 2.05) is 19.1 Å². The van der Waals surface area contributed by atoms with Crippen molar-refractivity contribution >= 4 is 29.9 Å². The molecule has 2 N–H and O–H groups in total. The average molecular weight is 495 g/mol. The van der Waals surface area contributed by atoms with Crippen molar-refractivity contribution in [1.82, 2.24) is 10.6 Å². The van der Waals surface area contributed by atoms with Crippen molar-refractivity contribution in [2.75, 3.05) is 54.7 Å². The smallest absolute Gasteiger partial charge is 0.203 e. The number of benzene rings is 1. The molecular weight excluding hydrogens is 461 g/mol. The molecule has 156 valence electrons. The van der Waals surface area contributed by atoms with E-state index in [2.05, 4.69) is 15.6 Å². The predicted octanol–water partition coefficient (Wildman–Crippen LogP) is 2.85. The van der Waals surface area contributed by atoms with Gasteiger partial charge in [0.25, 0.3) is 0 Å². The highest BCUT2D eigenvalue weighted by Crippen LogP contribution is 2.39. The summed E-state index contributed by atoms with van der Waals surface area (Å²) in [5.74, 6) is 2.77. The average Bonchev–Trinajstić information content (AvgIpc) is 2.68. The maximum Gasteiger partial charge on any atom is 0.203 e. The summed E-state index contributed by atoms with van der Waals surface area (Å²) in [6, 6.07) is 3.88. The van der Waals surface area contributed by atoms with Crippen molar-refractivity contribution in [1.29, 1.82) is 0 Å². The van der Waals surface area contributed by atoms with Crippen LogP contribution in [0.3, 0.4) is 0 Å². The Morgan fingerprint density at radius 2 is 1.67 bits per heavy atom. The molecule has 0 heterocycles. The van der Waals surface area contributed by atoms with Gasteiger partial charge in [-0.3, -0.25) is 4.99 Å². The van der Waals surface area contributed by atoms with Crippen molar-refractivity contribution in [3.8, 4) is 17.2 Å². The minimum Gasteiger partial charge on any atom is -0.493 e. The van der Waals surface area contributed by atoms with Gasteiger partial charge in [0.2, 0.25) is 5.75 Å². The number of ether oxygens (including phenoxy) is 4. The summed E-state index contributed by atoms with van der Waals surface area (Å²) in [7, 11) is 6.63. The third-order valence-corrected chi connectivity index (χ3v) is 3.91. The molecule has 0 fully saturated rings. The van der Waals surface area contributed by atoms with Gasteiger partial charge in [-0.2, -0.15) is 0 Å². The third-order valence-electron chi connectivity index (χ3n) is 3.91. The number of methoxy groups -OCH3 is 3. The van der Waals surface area contributed by atoms with Crippen LogP contribution < -0.4 is 24.8 Å². The molecule has 0 aliphatic heterocycles. The number of hydrogen-bond acceptors (Lipinski definition) is 5. The zero-order valence-electron chi connectivity index (χ0n) is 17.1. The van der Waals surface area contributed by atoms with Crippen LogP contribution in [0.25, 0.3) is 0 Å². The van der Waals surface area contributed by atoms with Gasteiger partial charge in [0.05, 0.1) is 21.3 Å². The van der Waals surface area contributed by atoms with Gasteiger partial charge in [0, 0.05) is 38.9 Å². The quantitative estimate of drug-likeness (QED) is 0.201. The van der Waals surface area contributed by atoms with E-state index in [0.29, 0.717) is 17.2 Å². The Labute approximate surface area is 180 Å². The van der Waals surface area contributed by atoms with Crippen molar-refractivity contribution in [2.24, 2.45) is 4.99 Å². The number of rotatable bonds is 12. The molecule has 0 aromatic heterocycles. The number of aliphatic imine (C=N–C) groups is 1. The molecule has 7 nitrogen and oxygen atoms in total. The van der Waals surface area contributed by atoms with Gasteiger partial charge in [-0.25, -0.2) is 0 Å². The second kappa shape index (κ2) is 15.6. The fourth-order valence-corrected chi connectivity index (χ4v) is 2.58. The van der Waals surface area contributed by atoms with Crippen LogP contribution >= 0.6 is 24.0 Å². The largest absolute Gasteiger partial charge is 0.493 e. The SMILES string of the molecule is CCOCCCCNC(=NC)NCCc1ccc(OC)c(OC)c1OC.I. The van der Waals surface area contributed by atoms with Gasteiger partial charge in [0.15, 0.2) is 17.5 Å². The number of nitrogens with one attached hydrogen (secondary N) is 2. The monoisotopic (exact) mass is 495 g/mol. The van der Waals surface area contributed by atoms with E-state index in [-0.39, 0.29) is 24.0 Å². The highest BCUT2D eigenvalue weighted by Gasteiger charge is 2.15. The van der Waals surface area contributed by atoms with Crippen LogP contribution in [0.2, 0.25) is 0 Å². The summed E-state index contributed by atoms with van der Waals surface area (Å²) in [4.78, 5) is 4.24. The van der Waals surface area contributed by atoms with Gasteiger partial charge in [-0.05, 0) is 32.3 Å². The molecule has 0 aliphatic carbocycles. The summed E-state index contributed by atoms with van der Waals surface area (Å²) in [5, 5.41) is 6.63. The first-order chi connectivity index (χ1) is 12.7. The van der Waals surface area contributed by atoms with Gasteiger partial charge >= 0.3 is 0 Å². The second-order valence-corrected chi connectivity index (χ2v) is 5.57. The molecular formula is C19H34IN3O4. The van der Waals surface area contributed by atoms with Crippen molar-refractivity contribution < 1.29 is 18.9 Å². The van der Waals surface area contributed by atoms with Crippen LogP contribution in [-0.2, 0) is 11.2 Å². The molecule has 8 heteroatoms. The van der Waals surface area contributed by atoms with Crippen molar-refractivity contribution in [3.63, 3.8) is 0 Å². The van der Waals surface area contributed by atoms with Crippen LogP contribution in [0.15, 0.2) is 17.1 Å². The van der Waals surface area contributed by atoms with Gasteiger partial charge < -0.3 is 29.6 Å². The van der Waals surface area contributed by atoms with E-state index in [9.17, 15) is 0 Å². The molecule has 1 rings (SSSR count). The number of unbranched alkanes of at least 4 members (excludes halogenated alkanes) is 1. The molecule has 1 aromatic rings. The molecule has 0 unspecified atom stereocenters. The molecule has 0 amide bonds. The Balaban J connectivity index is 0.00000676. The molecule has 0 bridgehead atoms. The van der Waals surface area contributed by atoms with E-state index >= 15 is 0 Å². The fourth-order valence-electron chi connectivity index (χ4n) is 2.58. The Morgan fingerprint density at radius 1 is 0.963 bits per heavy atom. The molecule has 1 aromatic carbocycles. The van der Waals surface area contributed by atoms with E-state index in [1.54, 1.807) is 28.4 Å². The highest BCUT2D eigenvalue weighted by molar-refractivity contribution is 14.0. The van der Waals surface area contributed by atoms with Crippen LogP contribution in [0.4, 0.5) is 0 Å². The lowest BCUT2D eigenvalue weighted by Gasteiger charge is -2.16. The minimum atomic E-state index is 0. The minimum absolute atomic E-state index is 0. The van der Waals surface area contributed by atoms with Crippen molar-refractivity contribution in [2.45, 2.75) is 26.2 Å². The van der Waals surface area contributed by atoms with Gasteiger partial charge in [-0.1, -0.05) is 6.07 Å². The standard InChI is InChI=1S/C19H33N3O4.HI/c1-6-26-14-8-7-12-21-19(20-2)22-13-11-15-9-10-16(23-3)18(25-5)17(15)24-4;/h9-10H,6-8,11-14H2,1-5H3,(H2,20,21,22);1H. The fraction of sp³-hybridized carbons (Fsp3) is 0.632. The Bertz CT molecular complexity index is 556. The summed E-state index contributed by atoms with van der Waals surface area (Å²) in [6.45, 7) is 5.19. The molecule has 0 atom stereocenters. The molecule has 0 saturated heterocycles. The number of halogens is 1. The second-order valence-electron chi connectivity index (χ2n) is 5.57. The molecule has 0 spiro atoms. The first-order valence-corrected chi connectivity index (χ1v) is 9.01. The Morgan fingerprint density at radius 3 is 2.26 bits per heavy atom. The highest BCUT2D eigenvalue weighted by atomic mass is 127. The lowest BCUT2D eigenvalue weighted by molar-refractivity contribution is 0.143. The van der Waals surface area contributed by atoms with Crippen LogP contribution in [0.5, 0.6) is 17.2 Å². The zero-order chi connectivity index (χ0) is 19.2. The molecule has 0 saturated carbocycles. The van der Waals surface area contributed by atoms with Crippen LogP contribution in [-0.4, -0.2) is 60.6 Å². The Kier molecular flexibility index (Phi) is 14.8. The van der Waals surface area contributed by atoms with Crippen LogP contribution in [0, 0.1) is 0 Å². The maximum absolute atomic E-state index is 5.51.